The van der Waals surface area contributed by atoms with E-state index in [4.69, 9.17) is 4.74 Å². The van der Waals surface area contributed by atoms with Gasteiger partial charge < -0.3 is 9.64 Å². The van der Waals surface area contributed by atoms with Crippen molar-refractivity contribution in [3.63, 3.8) is 0 Å². The van der Waals surface area contributed by atoms with E-state index < -0.39 is 0 Å². The highest BCUT2D eigenvalue weighted by Gasteiger charge is 2.21. The summed E-state index contributed by atoms with van der Waals surface area (Å²) >= 11 is 3.49. The van der Waals surface area contributed by atoms with Gasteiger partial charge in [0, 0.05) is 33.0 Å². The number of ether oxygens (including phenoxy) is 1. The molecule has 0 radical (unpaired) electrons. The molecule has 2 rings (SSSR count). The van der Waals surface area contributed by atoms with Gasteiger partial charge in [-0.1, -0.05) is 0 Å². The highest BCUT2D eigenvalue weighted by atomic mass is 79.9. The molecule has 0 N–H and O–H groups in total. The molecule has 1 saturated heterocycles. The van der Waals surface area contributed by atoms with Crippen LogP contribution in [0.2, 0.25) is 0 Å². The van der Waals surface area contributed by atoms with Crippen molar-refractivity contribution in [2.45, 2.75) is 12.8 Å². The largest absolute Gasteiger partial charge is 0.384 e. The van der Waals surface area contributed by atoms with Crippen LogP contribution < -0.4 is 4.90 Å². The van der Waals surface area contributed by atoms with Gasteiger partial charge in [-0.05, 0) is 34.7 Å². The van der Waals surface area contributed by atoms with Crippen LogP contribution in [0.1, 0.15) is 12.8 Å². The standard InChI is InChI=1S/C11H16BrN3O/c1-16-7-9-2-4-15(5-3-9)11-10(12)6-13-8-14-11/h6,8-9H,2-5,7H2,1H3. The molecule has 1 fully saturated rings. The van der Waals surface area contributed by atoms with Crippen molar-refractivity contribution in [1.82, 2.24) is 9.97 Å². The molecule has 1 aromatic heterocycles. The van der Waals surface area contributed by atoms with E-state index in [2.05, 4.69) is 30.8 Å². The van der Waals surface area contributed by atoms with E-state index in [9.17, 15) is 0 Å². The molecular weight excluding hydrogens is 270 g/mol. The Bertz CT molecular complexity index is 340. The number of methoxy groups -OCH3 is 1. The molecule has 1 aliphatic heterocycles. The Balaban J connectivity index is 1.96. The number of hydrogen-bond acceptors (Lipinski definition) is 4. The predicted molar refractivity (Wildman–Crippen MR) is 66.5 cm³/mol. The molecule has 1 aliphatic rings. The van der Waals surface area contributed by atoms with Crippen molar-refractivity contribution in [2.75, 3.05) is 31.7 Å². The highest BCUT2D eigenvalue weighted by Crippen LogP contribution is 2.26. The minimum atomic E-state index is 0.696. The van der Waals surface area contributed by atoms with Gasteiger partial charge in [-0.2, -0.15) is 0 Å². The summed E-state index contributed by atoms with van der Waals surface area (Å²) < 4.78 is 6.16. The Kier molecular flexibility index (Phi) is 4.12. The lowest BCUT2D eigenvalue weighted by Crippen LogP contribution is -2.35. The van der Waals surface area contributed by atoms with E-state index in [-0.39, 0.29) is 0 Å². The lowest BCUT2D eigenvalue weighted by Gasteiger charge is -2.32. The third-order valence-electron chi connectivity index (χ3n) is 2.96. The van der Waals surface area contributed by atoms with E-state index in [0.717, 1.165) is 30.0 Å². The number of nitrogens with zero attached hydrogens (tertiary/aromatic N) is 3. The maximum Gasteiger partial charge on any atom is 0.146 e. The normalized spacial score (nSPS) is 17.8. The third kappa shape index (κ3) is 2.71. The van der Waals surface area contributed by atoms with Crippen molar-refractivity contribution in [1.29, 1.82) is 0 Å². The second-order valence-corrected chi connectivity index (χ2v) is 4.93. The molecule has 88 valence electrons. The molecule has 1 aromatic rings. The average molecular weight is 286 g/mol. The Labute approximate surface area is 104 Å². The zero-order valence-corrected chi connectivity index (χ0v) is 11.0. The fourth-order valence-electron chi connectivity index (χ4n) is 2.09. The fourth-order valence-corrected chi connectivity index (χ4v) is 2.56. The molecule has 0 atom stereocenters. The monoisotopic (exact) mass is 285 g/mol. The number of anilines is 1. The van der Waals surface area contributed by atoms with Gasteiger partial charge in [-0.3, -0.25) is 0 Å². The molecule has 0 aliphatic carbocycles. The van der Waals surface area contributed by atoms with E-state index in [0.29, 0.717) is 5.92 Å². The summed E-state index contributed by atoms with van der Waals surface area (Å²) in [5.74, 6) is 1.70. The van der Waals surface area contributed by atoms with Gasteiger partial charge in [-0.15, -0.1) is 0 Å². The molecule has 0 aromatic carbocycles. The Morgan fingerprint density at radius 3 is 2.88 bits per heavy atom. The molecule has 0 bridgehead atoms. The van der Waals surface area contributed by atoms with Crippen molar-refractivity contribution in [3.8, 4) is 0 Å². The molecule has 4 nitrogen and oxygen atoms in total. The van der Waals surface area contributed by atoms with Gasteiger partial charge in [-0.25, -0.2) is 9.97 Å². The first-order valence-electron chi connectivity index (χ1n) is 5.50. The molecule has 16 heavy (non-hydrogen) atoms. The molecular formula is C11H16BrN3O. The molecule has 0 amide bonds. The molecule has 2 heterocycles. The van der Waals surface area contributed by atoms with Crippen LogP contribution in [0.4, 0.5) is 5.82 Å². The summed E-state index contributed by atoms with van der Waals surface area (Å²) in [6.07, 6.45) is 5.74. The van der Waals surface area contributed by atoms with Crippen molar-refractivity contribution >= 4 is 21.7 Å². The van der Waals surface area contributed by atoms with Gasteiger partial charge >= 0.3 is 0 Å². The van der Waals surface area contributed by atoms with E-state index in [1.165, 1.54) is 12.8 Å². The highest BCUT2D eigenvalue weighted by molar-refractivity contribution is 9.10. The maximum atomic E-state index is 5.19. The zero-order valence-electron chi connectivity index (χ0n) is 9.40. The summed E-state index contributed by atoms with van der Waals surface area (Å²) in [6, 6.07) is 0. The lowest BCUT2D eigenvalue weighted by molar-refractivity contribution is 0.139. The quantitative estimate of drug-likeness (QED) is 0.853. The summed E-state index contributed by atoms with van der Waals surface area (Å²) in [5, 5.41) is 0. The smallest absolute Gasteiger partial charge is 0.146 e. The third-order valence-corrected chi connectivity index (χ3v) is 3.52. The van der Waals surface area contributed by atoms with Crippen LogP contribution in [0.3, 0.4) is 0 Å². The van der Waals surface area contributed by atoms with Crippen LogP contribution in [0.25, 0.3) is 0 Å². The zero-order chi connectivity index (χ0) is 11.4. The summed E-state index contributed by atoms with van der Waals surface area (Å²) in [6.45, 7) is 2.96. The number of hydrogen-bond donors (Lipinski definition) is 0. The summed E-state index contributed by atoms with van der Waals surface area (Å²) in [7, 11) is 1.77. The Morgan fingerprint density at radius 2 is 2.25 bits per heavy atom. The van der Waals surface area contributed by atoms with E-state index >= 15 is 0 Å². The first kappa shape index (κ1) is 11.8. The molecule has 5 heteroatoms. The minimum absolute atomic E-state index is 0.696. The second kappa shape index (κ2) is 5.59. The molecule has 0 saturated carbocycles. The second-order valence-electron chi connectivity index (χ2n) is 4.08. The van der Waals surface area contributed by atoms with Gasteiger partial charge in [0.05, 0.1) is 4.47 Å². The lowest BCUT2D eigenvalue weighted by atomic mass is 9.98. The van der Waals surface area contributed by atoms with Crippen molar-refractivity contribution < 1.29 is 4.74 Å². The van der Waals surface area contributed by atoms with Crippen molar-refractivity contribution in [3.05, 3.63) is 17.0 Å². The topological polar surface area (TPSA) is 38.2 Å². The number of piperidine rings is 1. The van der Waals surface area contributed by atoms with Crippen LogP contribution in [0.15, 0.2) is 17.0 Å². The average Bonchev–Trinajstić information content (AvgIpc) is 2.31. The number of aromatic nitrogens is 2. The van der Waals surface area contributed by atoms with Crippen LogP contribution in [0, 0.1) is 5.92 Å². The van der Waals surface area contributed by atoms with Crippen LogP contribution in [-0.4, -0.2) is 36.8 Å². The first-order valence-corrected chi connectivity index (χ1v) is 6.30. The van der Waals surface area contributed by atoms with Crippen LogP contribution in [-0.2, 0) is 4.74 Å². The molecule has 0 spiro atoms. The summed E-state index contributed by atoms with van der Waals surface area (Å²) in [5.41, 5.74) is 0. The predicted octanol–water partition coefficient (Wildman–Crippen LogP) is 2.10. The number of halogens is 1. The number of rotatable bonds is 3. The SMILES string of the molecule is COCC1CCN(c2ncncc2Br)CC1. The Hall–Kier alpha value is -0.680. The summed E-state index contributed by atoms with van der Waals surface area (Å²) in [4.78, 5) is 10.6. The van der Waals surface area contributed by atoms with Gasteiger partial charge in [0.1, 0.15) is 12.1 Å². The minimum Gasteiger partial charge on any atom is -0.384 e. The van der Waals surface area contributed by atoms with E-state index in [1.54, 1.807) is 19.6 Å². The van der Waals surface area contributed by atoms with E-state index in [1.807, 2.05) is 0 Å². The van der Waals surface area contributed by atoms with Crippen LogP contribution in [0.5, 0.6) is 0 Å². The molecule has 0 unspecified atom stereocenters. The van der Waals surface area contributed by atoms with Crippen LogP contribution >= 0.6 is 15.9 Å². The Morgan fingerprint density at radius 1 is 1.50 bits per heavy atom. The first-order chi connectivity index (χ1) is 7.81. The maximum absolute atomic E-state index is 5.19. The van der Waals surface area contributed by atoms with Crippen molar-refractivity contribution in [2.24, 2.45) is 5.92 Å². The van der Waals surface area contributed by atoms with Gasteiger partial charge in [0.2, 0.25) is 0 Å². The van der Waals surface area contributed by atoms with Gasteiger partial charge in [0.15, 0.2) is 0 Å². The van der Waals surface area contributed by atoms with Gasteiger partial charge in [0.25, 0.3) is 0 Å². The fraction of sp³-hybridized carbons (Fsp3) is 0.636.